The molecule has 2 fully saturated rings. The molecule has 0 amide bonds. The van der Waals surface area contributed by atoms with E-state index in [1.165, 1.54) is 19.3 Å². The van der Waals surface area contributed by atoms with E-state index in [2.05, 4.69) is 25.8 Å². The Bertz CT molecular complexity index is 623. The lowest BCUT2D eigenvalue weighted by atomic mass is 10.2. The summed E-state index contributed by atoms with van der Waals surface area (Å²) in [6.07, 6.45) is 7.27. The molecule has 1 aliphatic heterocycles. The molecule has 3 heterocycles. The van der Waals surface area contributed by atoms with Crippen molar-refractivity contribution in [1.29, 1.82) is 0 Å². The van der Waals surface area contributed by atoms with Crippen molar-refractivity contribution >= 4 is 5.82 Å². The van der Waals surface area contributed by atoms with Crippen LogP contribution in [0.4, 0.5) is 5.82 Å². The molecule has 0 spiro atoms. The zero-order valence-corrected chi connectivity index (χ0v) is 13.0. The summed E-state index contributed by atoms with van der Waals surface area (Å²) in [5, 5.41) is 0. The Labute approximate surface area is 131 Å². The Hall–Kier alpha value is -1.88. The highest BCUT2D eigenvalue weighted by atomic mass is 16.3. The molecule has 1 aliphatic carbocycles. The standard InChI is InChI=1S/C17H22N4O/c1-13-2-5-16(22-13)11-20-9-7-15(10-20)21(14-3-4-14)17-6-8-18-12-19-17/h2,5-6,8,12,14-15H,3-4,7,9-11H2,1H3. The van der Waals surface area contributed by atoms with Crippen molar-refractivity contribution in [3.05, 3.63) is 42.2 Å². The van der Waals surface area contributed by atoms with Crippen LogP contribution >= 0.6 is 0 Å². The maximum absolute atomic E-state index is 5.71. The maximum atomic E-state index is 5.71. The van der Waals surface area contributed by atoms with Crippen molar-refractivity contribution in [2.75, 3.05) is 18.0 Å². The maximum Gasteiger partial charge on any atom is 0.132 e. The lowest BCUT2D eigenvalue weighted by molar-refractivity contribution is 0.290. The van der Waals surface area contributed by atoms with E-state index in [0.717, 1.165) is 37.0 Å². The molecule has 5 heteroatoms. The van der Waals surface area contributed by atoms with Crippen molar-refractivity contribution in [1.82, 2.24) is 14.9 Å². The van der Waals surface area contributed by atoms with Gasteiger partial charge in [0.1, 0.15) is 23.7 Å². The van der Waals surface area contributed by atoms with E-state index >= 15 is 0 Å². The molecular formula is C17H22N4O. The Kier molecular flexibility index (Phi) is 3.58. The van der Waals surface area contributed by atoms with E-state index in [4.69, 9.17) is 4.42 Å². The lowest BCUT2D eigenvalue weighted by Crippen LogP contribution is -2.39. The molecule has 1 atom stereocenters. The molecule has 5 nitrogen and oxygen atoms in total. The first-order chi connectivity index (χ1) is 10.8. The van der Waals surface area contributed by atoms with Gasteiger partial charge in [-0.2, -0.15) is 0 Å². The van der Waals surface area contributed by atoms with Gasteiger partial charge in [0.25, 0.3) is 0 Å². The summed E-state index contributed by atoms with van der Waals surface area (Å²) in [5.74, 6) is 3.14. The summed E-state index contributed by atoms with van der Waals surface area (Å²) in [7, 11) is 0. The average Bonchev–Trinajstić information content (AvgIpc) is 3.12. The summed E-state index contributed by atoms with van der Waals surface area (Å²) in [5.41, 5.74) is 0. The van der Waals surface area contributed by atoms with Crippen molar-refractivity contribution in [2.24, 2.45) is 0 Å². The minimum Gasteiger partial charge on any atom is -0.465 e. The normalized spacial score (nSPS) is 22.1. The van der Waals surface area contributed by atoms with Crippen LogP contribution in [0.2, 0.25) is 0 Å². The van der Waals surface area contributed by atoms with Gasteiger partial charge < -0.3 is 9.32 Å². The van der Waals surface area contributed by atoms with Crippen LogP contribution in [0.3, 0.4) is 0 Å². The molecule has 1 saturated carbocycles. The van der Waals surface area contributed by atoms with Crippen LogP contribution in [0.25, 0.3) is 0 Å². The Morgan fingerprint density at radius 3 is 2.82 bits per heavy atom. The molecule has 2 aliphatic rings. The van der Waals surface area contributed by atoms with Crippen molar-refractivity contribution in [3.63, 3.8) is 0 Å². The molecule has 22 heavy (non-hydrogen) atoms. The number of likely N-dealkylation sites (tertiary alicyclic amines) is 1. The summed E-state index contributed by atoms with van der Waals surface area (Å²) in [6, 6.07) is 7.40. The van der Waals surface area contributed by atoms with Gasteiger partial charge in [-0.15, -0.1) is 0 Å². The van der Waals surface area contributed by atoms with E-state index in [9.17, 15) is 0 Å². The van der Waals surface area contributed by atoms with Crippen molar-refractivity contribution < 1.29 is 4.42 Å². The number of anilines is 1. The Morgan fingerprint density at radius 2 is 2.14 bits per heavy atom. The Morgan fingerprint density at radius 1 is 1.23 bits per heavy atom. The minimum absolute atomic E-state index is 0.554. The van der Waals surface area contributed by atoms with Gasteiger partial charge >= 0.3 is 0 Å². The molecule has 2 aromatic heterocycles. The van der Waals surface area contributed by atoms with E-state index in [0.29, 0.717) is 12.1 Å². The van der Waals surface area contributed by atoms with E-state index in [1.807, 2.05) is 25.3 Å². The second-order valence-corrected chi connectivity index (χ2v) is 6.40. The molecule has 116 valence electrons. The quantitative estimate of drug-likeness (QED) is 0.849. The molecular weight excluding hydrogens is 276 g/mol. The number of rotatable bonds is 5. The highest BCUT2D eigenvalue weighted by molar-refractivity contribution is 5.42. The third-order valence-electron chi connectivity index (χ3n) is 4.59. The van der Waals surface area contributed by atoms with Gasteiger partial charge in [-0.3, -0.25) is 4.90 Å². The first kappa shape index (κ1) is 13.8. The second kappa shape index (κ2) is 5.72. The van der Waals surface area contributed by atoms with Crippen LogP contribution in [-0.4, -0.2) is 40.0 Å². The zero-order valence-electron chi connectivity index (χ0n) is 13.0. The van der Waals surface area contributed by atoms with E-state index < -0.39 is 0 Å². The zero-order chi connectivity index (χ0) is 14.9. The van der Waals surface area contributed by atoms with Crippen LogP contribution in [0, 0.1) is 6.92 Å². The third-order valence-corrected chi connectivity index (χ3v) is 4.59. The molecule has 1 saturated heterocycles. The van der Waals surface area contributed by atoms with Crippen molar-refractivity contribution in [2.45, 2.75) is 44.8 Å². The summed E-state index contributed by atoms with van der Waals surface area (Å²) in [4.78, 5) is 13.5. The smallest absolute Gasteiger partial charge is 0.132 e. The summed E-state index contributed by atoms with van der Waals surface area (Å²) in [6.45, 7) is 5.12. The number of nitrogens with zero attached hydrogens (tertiary/aromatic N) is 4. The van der Waals surface area contributed by atoms with Crippen LogP contribution in [0.1, 0.15) is 30.8 Å². The first-order valence-electron chi connectivity index (χ1n) is 8.11. The Balaban J connectivity index is 1.44. The highest BCUT2D eigenvalue weighted by Gasteiger charge is 2.38. The number of aryl methyl sites for hydroxylation is 1. The fourth-order valence-electron chi connectivity index (χ4n) is 3.43. The fourth-order valence-corrected chi connectivity index (χ4v) is 3.43. The number of aromatic nitrogens is 2. The van der Waals surface area contributed by atoms with Crippen LogP contribution in [0.15, 0.2) is 35.1 Å². The second-order valence-electron chi connectivity index (χ2n) is 6.40. The summed E-state index contributed by atoms with van der Waals surface area (Å²) >= 11 is 0. The van der Waals surface area contributed by atoms with Crippen LogP contribution in [0.5, 0.6) is 0 Å². The largest absolute Gasteiger partial charge is 0.465 e. The van der Waals surface area contributed by atoms with Crippen LogP contribution in [-0.2, 0) is 6.54 Å². The van der Waals surface area contributed by atoms with Gasteiger partial charge in [0.2, 0.25) is 0 Å². The molecule has 0 aromatic carbocycles. The SMILES string of the molecule is Cc1ccc(CN2CCC(N(c3ccncn3)C3CC3)C2)o1. The lowest BCUT2D eigenvalue weighted by Gasteiger charge is -2.30. The topological polar surface area (TPSA) is 45.4 Å². The van der Waals surface area contributed by atoms with Crippen LogP contribution < -0.4 is 4.90 Å². The number of furan rings is 1. The predicted octanol–water partition coefficient (Wildman–Crippen LogP) is 2.62. The van der Waals surface area contributed by atoms with Gasteiger partial charge in [-0.05, 0) is 44.4 Å². The number of hydrogen-bond donors (Lipinski definition) is 0. The predicted molar refractivity (Wildman–Crippen MR) is 84.7 cm³/mol. The van der Waals surface area contributed by atoms with Gasteiger partial charge in [0.05, 0.1) is 6.54 Å². The summed E-state index contributed by atoms with van der Waals surface area (Å²) < 4.78 is 5.71. The highest BCUT2D eigenvalue weighted by Crippen LogP contribution is 2.34. The molecule has 0 radical (unpaired) electrons. The molecule has 0 N–H and O–H groups in total. The minimum atomic E-state index is 0.554. The molecule has 0 bridgehead atoms. The molecule has 2 aromatic rings. The van der Waals surface area contributed by atoms with Gasteiger partial charge in [-0.1, -0.05) is 0 Å². The van der Waals surface area contributed by atoms with Gasteiger partial charge in [-0.25, -0.2) is 9.97 Å². The third kappa shape index (κ3) is 2.86. The fraction of sp³-hybridized carbons (Fsp3) is 0.529. The monoisotopic (exact) mass is 298 g/mol. The average molecular weight is 298 g/mol. The molecule has 4 rings (SSSR count). The number of hydrogen-bond acceptors (Lipinski definition) is 5. The van der Waals surface area contributed by atoms with E-state index in [1.54, 1.807) is 6.33 Å². The van der Waals surface area contributed by atoms with Gasteiger partial charge in [0, 0.05) is 31.4 Å². The first-order valence-corrected chi connectivity index (χ1v) is 8.11. The molecule has 1 unspecified atom stereocenters. The van der Waals surface area contributed by atoms with Crippen molar-refractivity contribution in [3.8, 4) is 0 Å². The van der Waals surface area contributed by atoms with E-state index in [-0.39, 0.29) is 0 Å². The van der Waals surface area contributed by atoms with Gasteiger partial charge in [0.15, 0.2) is 0 Å².